The Hall–Kier alpha value is -1.91. The summed E-state index contributed by atoms with van der Waals surface area (Å²) in [5.41, 5.74) is 2.43. The molecule has 0 radical (unpaired) electrons. The quantitative estimate of drug-likeness (QED) is 0.870. The van der Waals surface area contributed by atoms with Crippen LogP contribution in [0.1, 0.15) is 42.7 Å². The zero-order valence-corrected chi connectivity index (χ0v) is 14.7. The summed E-state index contributed by atoms with van der Waals surface area (Å²) in [6.07, 6.45) is 7.47. The topological polar surface area (TPSA) is 46.8 Å². The Kier molecular flexibility index (Phi) is 4.64. The van der Waals surface area contributed by atoms with Gasteiger partial charge in [-0.15, -0.1) is 0 Å². The van der Waals surface area contributed by atoms with E-state index in [4.69, 9.17) is 4.98 Å². The largest absolute Gasteiger partial charge is 0.356 e. The summed E-state index contributed by atoms with van der Waals surface area (Å²) >= 11 is 0. The highest BCUT2D eigenvalue weighted by molar-refractivity contribution is 5.49. The highest BCUT2D eigenvalue weighted by Crippen LogP contribution is 2.27. The van der Waals surface area contributed by atoms with Crippen molar-refractivity contribution in [3.05, 3.63) is 35.3 Å². The van der Waals surface area contributed by atoms with Gasteiger partial charge in [-0.1, -0.05) is 6.92 Å². The van der Waals surface area contributed by atoms with Gasteiger partial charge < -0.3 is 9.47 Å². The maximum Gasteiger partial charge on any atom is 0.135 e. The Morgan fingerprint density at radius 3 is 2.74 bits per heavy atom. The third-order valence-corrected chi connectivity index (χ3v) is 4.85. The zero-order chi connectivity index (χ0) is 16.4. The Morgan fingerprint density at radius 1 is 1.22 bits per heavy atom. The molecule has 1 saturated heterocycles. The molecule has 0 aromatic carbocycles. The summed E-state index contributed by atoms with van der Waals surface area (Å²) in [6.45, 7) is 11.6. The Labute approximate surface area is 138 Å². The van der Waals surface area contributed by atoms with E-state index >= 15 is 0 Å². The van der Waals surface area contributed by atoms with Crippen LogP contribution in [0.5, 0.6) is 0 Å². The maximum atomic E-state index is 4.77. The van der Waals surface area contributed by atoms with Crippen LogP contribution in [0.25, 0.3) is 0 Å². The van der Waals surface area contributed by atoms with Gasteiger partial charge in [-0.25, -0.2) is 15.0 Å². The van der Waals surface area contributed by atoms with Crippen LogP contribution in [-0.4, -0.2) is 32.6 Å². The molecule has 0 N–H and O–H groups in total. The average molecular weight is 313 g/mol. The second-order valence-corrected chi connectivity index (χ2v) is 6.59. The van der Waals surface area contributed by atoms with Crippen molar-refractivity contribution in [3.8, 4) is 0 Å². The Morgan fingerprint density at radius 2 is 2.04 bits per heavy atom. The summed E-state index contributed by atoms with van der Waals surface area (Å²) in [6, 6.07) is 0. The third-order valence-electron chi connectivity index (χ3n) is 4.85. The molecule has 2 aromatic heterocycles. The number of nitrogens with zero attached hydrogens (tertiary/aromatic N) is 5. The van der Waals surface area contributed by atoms with E-state index in [0.29, 0.717) is 5.92 Å². The minimum absolute atomic E-state index is 0.650. The van der Waals surface area contributed by atoms with Crippen LogP contribution in [-0.2, 0) is 13.0 Å². The first-order valence-electron chi connectivity index (χ1n) is 8.65. The lowest BCUT2D eigenvalue weighted by Gasteiger charge is -2.35. The standard InChI is InChI=1S/C18H27N5/c1-5-17-13(2)20-14(3)21-18(17)23-9-6-7-16(12-23)11-22-10-8-19-15(22)4/h8,10,16H,5-7,9,11-12H2,1-4H3/t16-/m0/s1. The van der Waals surface area contributed by atoms with Crippen molar-refractivity contribution >= 4 is 5.82 Å². The van der Waals surface area contributed by atoms with Gasteiger partial charge in [0.25, 0.3) is 0 Å². The SMILES string of the molecule is CCc1c(C)nc(C)nc1N1CCC[C@@H](Cn2ccnc2C)C1. The number of hydrogen-bond donors (Lipinski definition) is 0. The molecule has 0 amide bonds. The van der Waals surface area contributed by atoms with Crippen LogP contribution in [0.3, 0.4) is 0 Å². The van der Waals surface area contributed by atoms with Crippen molar-refractivity contribution < 1.29 is 0 Å². The molecule has 0 spiro atoms. The molecule has 5 nitrogen and oxygen atoms in total. The summed E-state index contributed by atoms with van der Waals surface area (Å²) in [7, 11) is 0. The van der Waals surface area contributed by atoms with Crippen LogP contribution in [0.4, 0.5) is 5.82 Å². The van der Waals surface area contributed by atoms with Gasteiger partial charge in [-0.2, -0.15) is 0 Å². The minimum Gasteiger partial charge on any atom is -0.356 e. The summed E-state index contributed by atoms with van der Waals surface area (Å²) in [5.74, 6) is 3.79. The first-order chi connectivity index (χ1) is 11.1. The molecule has 0 bridgehead atoms. The normalized spacial score (nSPS) is 18.4. The van der Waals surface area contributed by atoms with Gasteiger partial charge in [0.05, 0.1) is 0 Å². The fraction of sp³-hybridized carbons (Fsp3) is 0.611. The lowest BCUT2D eigenvalue weighted by atomic mass is 9.97. The smallest absolute Gasteiger partial charge is 0.135 e. The van der Waals surface area contributed by atoms with E-state index in [9.17, 15) is 0 Å². The minimum atomic E-state index is 0.650. The summed E-state index contributed by atoms with van der Waals surface area (Å²) < 4.78 is 2.27. The molecular weight excluding hydrogens is 286 g/mol. The van der Waals surface area contributed by atoms with E-state index < -0.39 is 0 Å². The third kappa shape index (κ3) is 3.38. The summed E-state index contributed by atoms with van der Waals surface area (Å²) in [5, 5.41) is 0. The molecule has 23 heavy (non-hydrogen) atoms. The number of anilines is 1. The van der Waals surface area contributed by atoms with Gasteiger partial charge in [-0.05, 0) is 46.0 Å². The molecule has 1 atom stereocenters. The van der Waals surface area contributed by atoms with Gasteiger partial charge in [0.15, 0.2) is 0 Å². The molecule has 0 unspecified atom stereocenters. The molecule has 1 aliphatic rings. The van der Waals surface area contributed by atoms with Crippen LogP contribution in [0.15, 0.2) is 12.4 Å². The van der Waals surface area contributed by atoms with E-state index in [2.05, 4.69) is 46.4 Å². The van der Waals surface area contributed by atoms with E-state index in [1.165, 1.54) is 18.4 Å². The number of aryl methyl sites for hydroxylation is 3. The van der Waals surface area contributed by atoms with Crippen molar-refractivity contribution in [2.24, 2.45) is 5.92 Å². The number of hydrogen-bond acceptors (Lipinski definition) is 4. The van der Waals surface area contributed by atoms with E-state index in [-0.39, 0.29) is 0 Å². The Balaban J connectivity index is 1.80. The number of imidazole rings is 1. The predicted molar refractivity (Wildman–Crippen MR) is 92.8 cm³/mol. The van der Waals surface area contributed by atoms with Gasteiger partial charge in [-0.3, -0.25) is 0 Å². The second kappa shape index (κ2) is 6.69. The molecule has 3 rings (SSSR count). The fourth-order valence-corrected chi connectivity index (χ4v) is 3.67. The van der Waals surface area contributed by atoms with Crippen LogP contribution in [0, 0.1) is 26.7 Å². The lowest BCUT2D eigenvalue weighted by Crippen LogP contribution is -2.38. The molecule has 1 fully saturated rings. The van der Waals surface area contributed by atoms with Crippen LogP contribution >= 0.6 is 0 Å². The number of piperidine rings is 1. The second-order valence-electron chi connectivity index (χ2n) is 6.59. The van der Waals surface area contributed by atoms with Crippen molar-refractivity contribution in [2.75, 3.05) is 18.0 Å². The first-order valence-corrected chi connectivity index (χ1v) is 8.65. The zero-order valence-electron chi connectivity index (χ0n) is 14.7. The van der Waals surface area contributed by atoms with Crippen molar-refractivity contribution in [1.29, 1.82) is 0 Å². The fourth-order valence-electron chi connectivity index (χ4n) is 3.67. The first kappa shape index (κ1) is 16.0. The van der Waals surface area contributed by atoms with E-state index in [1.807, 2.05) is 13.1 Å². The average Bonchev–Trinajstić information content (AvgIpc) is 2.92. The molecule has 3 heterocycles. The van der Waals surface area contributed by atoms with E-state index in [1.54, 1.807) is 0 Å². The maximum absolute atomic E-state index is 4.77. The highest BCUT2D eigenvalue weighted by atomic mass is 15.2. The lowest BCUT2D eigenvalue weighted by molar-refractivity contribution is 0.362. The predicted octanol–water partition coefficient (Wildman–Crippen LogP) is 3.08. The molecule has 5 heteroatoms. The monoisotopic (exact) mass is 313 g/mol. The Bertz CT molecular complexity index is 676. The highest BCUT2D eigenvalue weighted by Gasteiger charge is 2.24. The number of rotatable bonds is 4. The van der Waals surface area contributed by atoms with Crippen LogP contribution < -0.4 is 4.90 Å². The van der Waals surface area contributed by atoms with E-state index in [0.717, 1.165) is 49.2 Å². The van der Waals surface area contributed by atoms with Gasteiger partial charge >= 0.3 is 0 Å². The van der Waals surface area contributed by atoms with Gasteiger partial charge in [0.2, 0.25) is 0 Å². The molecule has 0 aliphatic carbocycles. The van der Waals surface area contributed by atoms with Crippen LogP contribution in [0.2, 0.25) is 0 Å². The summed E-state index contributed by atoms with van der Waals surface area (Å²) in [4.78, 5) is 16.1. The number of aromatic nitrogens is 4. The van der Waals surface area contributed by atoms with Crippen molar-refractivity contribution in [1.82, 2.24) is 19.5 Å². The molecule has 1 aliphatic heterocycles. The molecule has 0 saturated carbocycles. The molecule has 2 aromatic rings. The van der Waals surface area contributed by atoms with Gasteiger partial charge in [0, 0.05) is 43.3 Å². The van der Waals surface area contributed by atoms with Crippen molar-refractivity contribution in [3.63, 3.8) is 0 Å². The molecular formula is C18H27N5. The van der Waals surface area contributed by atoms with Gasteiger partial charge in [0.1, 0.15) is 17.5 Å². The van der Waals surface area contributed by atoms with Crippen molar-refractivity contribution in [2.45, 2.75) is 53.5 Å². The molecule has 124 valence electrons.